The van der Waals surface area contributed by atoms with Crippen molar-refractivity contribution in [2.45, 2.75) is 76.4 Å². The van der Waals surface area contributed by atoms with Crippen molar-refractivity contribution >= 4 is 0 Å². The van der Waals surface area contributed by atoms with Crippen molar-refractivity contribution in [3.05, 3.63) is 0 Å². The van der Waals surface area contributed by atoms with Gasteiger partial charge in [-0.05, 0) is 38.5 Å². The van der Waals surface area contributed by atoms with Crippen LogP contribution in [0.1, 0.15) is 64.2 Å². The molecule has 0 aromatic heterocycles. The van der Waals surface area contributed by atoms with Gasteiger partial charge >= 0.3 is 0 Å². The molecule has 0 aliphatic heterocycles. The summed E-state index contributed by atoms with van der Waals surface area (Å²) in [4.78, 5) is 0. The third-order valence-corrected chi connectivity index (χ3v) is 3.22. The van der Waals surface area contributed by atoms with Gasteiger partial charge in [0.2, 0.25) is 0 Å². The molecule has 0 saturated heterocycles. The molecule has 0 bridgehead atoms. The first kappa shape index (κ1) is 17.8. The molecular formula is C14H30O4. The molecule has 110 valence electrons. The summed E-state index contributed by atoms with van der Waals surface area (Å²) in [5.74, 6) is 0. The first-order valence-corrected chi connectivity index (χ1v) is 7.28. The monoisotopic (exact) mass is 262 g/mol. The molecule has 0 aromatic carbocycles. The summed E-state index contributed by atoms with van der Waals surface area (Å²) in [5, 5.41) is 36.3. The lowest BCUT2D eigenvalue weighted by atomic mass is 10.0. The van der Waals surface area contributed by atoms with Gasteiger partial charge < -0.3 is 20.4 Å². The summed E-state index contributed by atoms with van der Waals surface area (Å²) in [6, 6.07) is 0. The summed E-state index contributed by atoms with van der Waals surface area (Å²) in [5.41, 5.74) is 0. The molecule has 0 saturated carbocycles. The van der Waals surface area contributed by atoms with Crippen LogP contribution in [-0.2, 0) is 0 Å². The largest absolute Gasteiger partial charge is 0.396 e. The maximum atomic E-state index is 9.55. The number of rotatable bonds is 13. The molecule has 0 rings (SSSR count). The van der Waals surface area contributed by atoms with Gasteiger partial charge in [-0.15, -0.1) is 0 Å². The number of aliphatic hydroxyl groups excluding tert-OH is 4. The van der Waals surface area contributed by atoms with Crippen LogP contribution in [0.2, 0.25) is 0 Å². The molecule has 0 fully saturated rings. The summed E-state index contributed by atoms with van der Waals surface area (Å²) in [6.07, 6.45) is 8.02. The lowest BCUT2D eigenvalue weighted by molar-refractivity contribution is 0.133. The van der Waals surface area contributed by atoms with Crippen molar-refractivity contribution in [2.24, 2.45) is 0 Å². The molecule has 2 unspecified atom stereocenters. The Labute approximate surface area is 111 Å². The first-order chi connectivity index (χ1) is 8.70. The summed E-state index contributed by atoms with van der Waals surface area (Å²) in [6.45, 7) is 0.311. The maximum Gasteiger partial charge on any atom is 0.0541 e. The quantitative estimate of drug-likeness (QED) is 0.380. The molecule has 4 N–H and O–H groups in total. The Bertz CT molecular complexity index is 146. The van der Waals surface area contributed by atoms with Gasteiger partial charge in [0.05, 0.1) is 12.2 Å². The normalized spacial score (nSPS) is 14.7. The third-order valence-electron chi connectivity index (χ3n) is 3.22. The predicted octanol–water partition coefficient (Wildman–Crippen LogP) is 1.59. The van der Waals surface area contributed by atoms with Crippen LogP contribution in [-0.4, -0.2) is 45.8 Å². The maximum absolute atomic E-state index is 9.55. The minimum Gasteiger partial charge on any atom is -0.396 e. The lowest BCUT2D eigenvalue weighted by Gasteiger charge is -2.10. The second-order valence-corrected chi connectivity index (χ2v) is 5.03. The first-order valence-electron chi connectivity index (χ1n) is 7.28. The van der Waals surface area contributed by atoms with Crippen LogP contribution in [0.25, 0.3) is 0 Å². The number of aliphatic hydroxyl groups is 4. The minimum absolute atomic E-state index is 0.156. The smallest absolute Gasteiger partial charge is 0.0541 e. The molecule has 0 radical (unpaired) electrons. The average Bonchev–Trinajstić information content (AvgIpc) is 2.37. The second-order valence-electron chi connectivity index (χ2n) is 5.03. The van der Waals surface area contributed by atoms with Crippen molar-refractivity contribution in [1.29, 1.82) is 0 Å². The van der Waals surface area contributed by atoms with E-state index in [1.807, 2.05) is 0 Å². The number of hydrogen-bond donors (Lipinski definition) is 4. The van der Waals surface area contributed by atoms with Crippen molar-refractivity contribution < 1.29 is 20.4 Å². The van der Waals surface area contributed by atoms with E-state index < -0.39 is 0 Å². The fraction of sp³-hybridized carbons (Fsp3) is 1.00. The highest BCUT2D eigenvalue weighted by molar-refractivity contribution is 4.58. The van der Waals surface area contributed by atoms with Crippen molar-refractivity contribution in [2.75, 3.05) is 13.2 Å². The van der Waals surface area contributed by atoms with E-state index in [1.165, 1.54) is 0 Å². The molecule has 0 aliphatic rings. The zero-order valence-electron chi connectivity index (χ0n) is 11.4. The van der Waals surface area contributed by atoms with Gasteiger partial charge in [-0.2, -0.15) is 0 Å². The van der Waals surface area contributed by atoms with E-state index in [-0.39, 0.29) is 25.4 Å². The second kappa shape index (κ2) is 13.3. The zero-order chi connectivity index (χ0) is 13.6. The number of unbranched alkanes of at least 4 members (excludes halogenated alkanes) is 3. The van der Waals surface area contributed by atoms with Gasteiger partial charge in [0, 0.05) is 13.2 Å². The van der Waals surface area contributed by atoms with E-state index in [2.05, 4.69) is 0 Å². The van der Waals surface area contributed by atoms with Crippen molar-refractivity contribution in [1.82, 2.24) is 0 Å². The van der Waals surface area contributed by atoms with E-state index in [9.17, 15) is 10.2 Å². The minimum atomic E-state index is -0.271. The van der Waals surface area contributed by atoms with Crippen molar-refractivity contribution in [3.8, 4) is 0 Å². The highest BCUT2D eigenvalue weighted by Gasteiger charge is 2.05. The molecule has 0 spiro atoms. The highest BCUT2D eigenvalue weighted by Crippen LogP contribution is 2.12. The Morgan fingerprint density at radius 3 is 1.17 bits per heavy atom. The molecule has 4 nitrogen and oxygen atoms in total. The standard InChI is InChI=1S/C14H30O4/c15-11-5-9-13(17)7-3-1-2-4-8-14(18)10-6-12-16/h13-18H,1-12H2. The molecule has 0 amide bonds. The van der Waals surface area contributed by atoms with Crippen LogP contribution >= 0.6 is 0 Å². The van der Waals surface area contributed by atoms with E-state index in [0.717, 1.165) is 38.5 Å². The lowest BCUT2D eigenvalue weighted by Crippen LogP contribution is -2.08. The number of hydrogen-bond acceptors (Lipinski definition) is 4. The van der Waals surface area contributed by atoms with Crippen LogP contribution in [0.15, 0.2) is 0 Å². The van der Waals surface area contributed by atoms with Gasteiger partial charge in [-0.1, -0.05) is 25.7 Å². The summed E-state index contributed by atoms with van der Waals surface area (Å²) >= 11 is 0. The Morgan fingerprint density at radius 2 is 0.833 bits per heavy atom. The fourth-order valence-electron chi connectivity index (χ4n) is 2.06. The van der Waals surface area contributed by atoms with E-state index in [0.29, 0.717) is 25.7 Å². The van der Waals surface area contributed by atoms with E-state index >= 15 is 0 Å². The molecule has 18 heavy (non-hydrogen) atoms. The Hall–Kier alpha value is -0.160. The summed E-state index contributed by atoms with van der Waals surface area (Å²) < 4.78 is 0. The molecule has 0 heterocycles. The Morgan fingerprint density at radius 1 is 0.500 bits per heavy atom. The summed E-state index contributed by atoms with van der Waals surface area (Å²) in [7, 11) is 0. The molecule has 4 heteroatoms. The van der Waals surface area contributed by atoms with Crippen LogP contribution in [0.5, 0.6) is 0 Å². The molecule has 0 aromatic rings. The molecule has 0 aliphatic carbocycles. The highest BCUT2D eigenvalue weighted by atomic mass is 16.3. The Kier molecular flexibility index (Phi) is 13.2. The van der Waals surface area contributed by atoms with Gasteiger partial charge in [-0.25, -0.2) is 0 Å². The van der Waals surface area contributed by atoms with Gasteiger partial charge in [-0.3, -0.25) is 0 Å². The van der Waals surface area contributed by atoms with Gasteiger partial charge in [0.15, 0.2) is 0 Å². The Balaban J connectivity index is 3.19. The topological polar surface area (TPSA) is 80.9 Å². The SMILES string of the molecule is OCCCC(O)CCCCCCC(O)CCCO. The van der Waals surface area contributed by atoms with Gasteiger partial charge in [0.25, 0.3) is 0 Å². The molecule has 2 atom stereocenters. The zero-order valence-corrected chi connectivity index (χ0v) is 11.4. The third kappa shape index (κ3) is 12.3. The van der Waals surface area contributed by atoms with E-state index in [4.69, 9.17) is 10.2 Å². The van der Waals surface area contributed by atoms with Crippen LogP contribution in [0, 0.1) is 0 Å². The van der Waals surface area contributed by atoms with Crippen LogP contribution in [0.3, 0.4) is 0 Å². The van der Waals surface area contributed by atoms with Crippen molar-refractivity contribution in [3.63, 3.8) is 0 Å². The van der Waals surface area contributed by atoms with Gasteiger partial charge in [0.1, 0.15) is 0 Å². The molecular weight excluding hydrogens is 232 g/mol. The fourth-order valence-corrected chi connectivity index (χ4v) is 2.06. The van der Waals surface area contributed by atoms with Crippen LogP contribution in [0.4, 0.5) is 0 Å². The van der Waals surface area contributed by atoms with Crippen LogP contribution < -0.4 is 0 Å². The van der Waals surface area contributed by atoms with E-state index in [1.54, 1.807) is 0 Å². The average molecular weight is 262 g/mol. The predicted molar refractivity (Wildman–Crippen MR) is 72.4 cm³/mol.